The predicted octanol–water partition coefficient (Wildman–Crippen LogP) is 0.222. The summed E-state index contributed by atoms with van der Waals surface area (Å²) in [6, 6.07) is 5.59. The van der Waals surface area contributed by atoms with Crippen LogP contribution in [0.15, 0.2) is 18.2 Å². The lowest BCUT2D eigenvalue weighted by molar-refractivity contribution is 0.179. The second kappa shape index (κ2) is 5.28. The fourth-order valence-electron chi connectivity index (χ4n) is 2.59. The third kappa shape index (κ3) is 3.17. The molecule has 2 heterocycles. The van der Waals surface area contributed by atoms with Crippen LogP contribution >= 0.6 is 0 Å². The molecule has 0 spiro atoms. The highest BCUT2D eigenvalue weighted by molar-refractivity contribution is 7.88. The fraction of sp³-hybridized carbons (Fsp3) is 0.462. The maximum atomic E-state index is 11.5. The normalized spacial score (nSPS) is 18.3. The largest absolute Gasteiger partial charge is 0.399 e. The first-order chi connectivity index (χ1) is 9.91. The number of benzene rings is 1. The number of aromatic amines is 1. The van der Waals surface area contributed by atoms with Crippen LogP contribution < -0.4 is 5.73 Å². The van der Waals surface area contributed by atoms with Gasteiger partial charge in [0.2, 0.25) is 10.0 Å². The first kappa shape index (κ1) is 14.3. The first-order valence-corrected chi connectivity index (χ1v) is 8.68. The summed E-state index contributed by atoms with van der Waals surface area (Å²) in [6.07, 6.45) is 1.26. The van der Waals surface area contributed by atoms with Gasteiger partial charge in [-0.25, -0.2) is 13.4 Å². The van der Waals surface area contributed by atoms with E-state index in [-0.39, 0.29) is 0 Å². The minimum absolute atomic E-state index is 0.534. The van der Waals surface area contributed by atoms with E-state index >= 15 is 0 Å². The van der Waals surface area contributed by atoms with Crippen molar-refractivity contribution in [1.82, 2.24) is 19.2 Å². The molecule has 3 rings (SSSR count). The van der Waals surface area contributed by atoms with E-state index in [1.807, 2.05) is 18.2 Å². The van der Waals surface area contributed by atoms with Crippen LogP contribution in [0.2, 0.25) is 0 Å². The molecule has 0 saturated carbocycles. The van der Waals surface area contributed by atoms with Crippen molar-refractivity contribution < 1.29 is 8.42 Å². The summed E-state index contributed by atoms with van der Waals surface area (Å²) < 4.78 is 24.5. The molecule has 1 fully saturated rings. The van der Waals surface area contributed by atoms with Gasteiger partial charge in [0.25, 0.3) is 0 Å². The van der Waals surface area contributed by atoms with Crippen molar-refractivity contribution in [2.24, 2.45) is 0 Å². The molecule has 0 radical (unpaired) electrons. The molecular weight excluding hydrogens is 290 g/mol. The van der Waals surface area contributed by atoms with Gasteiger partial charge in [0, 0.05) is 31.9 Å². The molecule has 0 aliphatic carbocycles. The van der Waals surface area contributed by atoms with E-state index in [1.54, 1.807) is 0 Å². The average Bonchev–Trinajstić information content (AvgIpc) is 2.79. The summed E-state index contributed by atoms with van der Waals surface area (Å²) in [5, 5.41) is 0. The number of hydrogen-bond acceptors (Lipinski definition) is 5. The minimum atomic E-state index is -3.08. The lowest BCUT2D eigenvalue weighted by atomic mass is 10.3. The first-order valence-electron chi connectivity index (χ1n) is 6.83. The third-order valence-corrected chi connectivity index (χ3v) is 5.03. The summed E-state index contributed by atoms with van der Waals surface area (Å²) in [7, 11) is -3.08. The molecule has 2 aromatic rings. The number of rotatable bonds is 3. The lowest BCUT2D eigenvalue weighted by Gasteiger charge is -2.32. The van der Waals surface area contributed by atoms with Crippen molar-refractivity contribution in [3.05, 3.63) is 24.0 Å². The number of fused-ring (bicyclic) bond motifs is 1. The Morgan fingerprint density at radius 2 is 2.00 bits per heavy atom. The molecule has 0 unspecified atom stereocenters. The number of piperazine rings is 1. The molecule has 7 nitrogen and oxygen atoms in total. The minimum Gasteiger partial charge on any atom is -0.399 e. The lowest BCUT2D eigenvalue weighted by Crippen LogP contribution is -2.47. The summed E-state index contributed by atoms with van der Waals surface area (Å²) in [6.45, 7) is 3.18. The zero-order chi connectivity index (χ0) is 15.0. The number of sulfonamides is 1. The Bertz CT molecular complexity index is 747. The monoisotopic (exact) mass is 309 g/mol. The van der Waals surface area contributed by atoms with Gasteiger partial charge in [0.15, 0.2) is 0 Å². The average molecular weight is 309 g/mol. The second-order valence-electron chi connectivity index (χ2n) is 5.40. The number of H-pyrrole nitrogens is 1. The Morgan fingerprint density at radius 3 is 2.67 bits per heavy atom. The molecule has 1 aliphatic heterocycles. The highest BCUT2D eigenvalue weighted by Crippen LogP contribution is 2.16. The smallest absolute Gasteiger partial charge is 0.211 e. The van der Waals surface area contributed by atoms with Gasteiger partial charge in [-0.3, -0.25) is 4.90 Å². The van der Waals surface area contributed by atoms with Crippen molar-refractivity contribution in [2.45, 2.75) is 6.54 Å². The van der Waals surface area contributed by atoms with Crippen LogP contribution in [0.4, 0.5) is 5.69 Å². The number of anilines is 1. The van der Waals surface area contributed by atoms with Crippen LogP contribution in [0, 0.1) is 0 Å². The van der Waals surface area contributed by atoms with Gasteiger partial charge in [0.05, 0.1) is 23.8 Å². The van der Waals surface area contributed by atoms with Crippen LogP contribution in [0.5, 0.6) is 0 Å². The maximum Gasteiger partial charge on any atom is 0.211 e. The third-order valence-electron chi connectivity index (χ3n) is 3.73. The number of hydrogen-bond donors (Lipinski definition) is 2. The summed E-state index contributed by atoms with van der Waals surface area (Å²) in [5.41, 5.74) is 8.29. The summed E-state index contributed by atoms with van der Waals surface area (Å²) in [4.78, 5) is 9.99. The topological polar surface area (TPSA) is 95.3 Å². The molecule has 1 saturated heterocycles. The molecule has 0 atom stereocenters. The molecule has 114 valence electrons. The van der Waals surface area contributed by atoms with Crippen molar-refractivity contribution in [3.63, 3.8) is 0 Å². The zero-order valence-electron chi connectivity index (χ0n) is 11.9. The number of imidazole rings is 1. The number of nitrogens with zero attached hydrogens (tertiary/aromatic N) is 3. The van der Waals surface area contributed by atoms with Crippen LogP contribution in [0.25, 0.3) is 11.0 Å². The Kier molecular flexibility index (Phi) is 3.60. The number of aromatic nitrogens is 2. The number of nitrogen functional groups attached to an aromatic ring is 1. The van der Waals surface area contributed by atoms with Gasteiger partial charge in [-0.2, -0.15) is 4.31 Å². The molecule has 21 heavy (non-hydrogen) atoms. The molecule has 8 heteroatoms. The van der Waals surface area contributed by atoms with E-state index in [9.17, 15) is 8.42 Å². The standard InChI is InChI=1S/C13H19N5O2S/c1-21(19,20)18-6-4-17(5-7-18)9-13-15-11-3-2-10(14)8-12(11)16-13/h2-3,8H,4-7,9,14H2,1H3,(H,15,16). The number of nitrogens with one attached hydrogen (secondary N) is 1. The van der Waals surface area contributed by atoms with Crippen molar-refractivity contribution in [2.75, 3.05) is 38.2 Å². The molecule has 0 amide bonds. The molecule has 1 aromatic heterocycles. The molecule has 1 aliphatic rings. The second-order valence-corrected chi connectivity index (χ2v) is 7.38. The Labute approximate surface area is 123 Å². The zero-order valence-corrected chi connectivity index (χ0v) is 12.7. The van der Waals surface area contributed by atoms with E-state index in [0.29, 0.717) is 38.4 Å². The van der Waals surface area contributed by atoms with Crippen LogP contribution in [-0.2, 0) is 16.6 Å². The van der Waals surface area contributed by atoms with Crippen molar-refractivity contribution in [1.29, 1.82) is 0 Å². The molecule has 3 N–H and O–H groups in total. The van der Waals surface area contributed by atoms with Crippen LogP contribution in [0.1, 0.15) is 5.82 Å². The van der Waals surface area contributed by atoms with E-state index < -0.39 is 10.0 Å². The van der Waals surface area contributed by atoms with Crippen molar-refractivity contribution in [3.8, 4) is 0 Å². The maximum absolute atomic E-state index is 11.5. The fourth-order valence-corrected chi connectivity index (χ4v) is 3.41. The molecular formula is C13H19N5O2S. The Balaban J connectivity index is 1.67. The number of nitrogens with two attached hydrogens (primary N) is 1. The quantitative estimate of drug-likeness (QED) is 0.791. The van der Waals surface area contributed by atoms with Gasteiger partial charge in [-0.1, -0.05) is 0 Å². The van der Waals surface area contributed by atoms with Gasteiger partial charge in [-0.15, -0.1) is 0 Å². The van der Waals surface area contributed by atoms with Gasteiger partial charge >= 0.3 is 0 Å². The van der Waals surface area contributed by atoms with E-state index in [0.717, 1.165) is 16.9 Å². The van der Waals surface area contributed by atoms with Crippen LogP contribution in [-0.4, -0.2) is 60.0 Å². The highest BCUT2D eigenvalue weighted by atomic mass is 32.2. The Hall–Kier alpha value is -1.64. The summed E-state index contributed by atoms with van der Waals surface area (Å²) in [5.74, 6) is 0.878. The van der Waals surface area contributed by atoms with E-state index in [4.69, 9.17) is 5.73 Å². The van der Waals surface area contributed by atoms with E-state index in [2.05, 4.69) is 14.9 Å². The van der Waals surface area contributed by atoms with Crippen molar-refractivity contribution >= 4 is 26.7 Å². The predicted molar refractivity (Wildman–Crippen MR) is 82.2 cm³/mol. The summed E-state index contributed by atoms with van der Waals surface area (Å²) >= 11 is 0. The van der Waals surface area contributed by atoms with Crippen LogP contribution in [0.3, 0.4) is 0 Å². The van der Waals surface area contributed by atoms with E-state index in [1.165, 1.54) is 10.6 Å². The SMILES string of the molecule is CS(=O)(=O)N1CCN(Cc2nc3ccc(N)cc3[nH]2)CC1. The Morgan fingerprint density at radius 1 is 1.29 bits per heavy atom. The molecule has 1 aromatic carbocycles. The van der Waals surface area contributed by atoms with Gasteiger partial charge in [0.1, 0.15) is 5.82 Å². The highest BCUT2D eigenvalue weighted by Gasteiger charge is 2.23. The van der Waals surface area contributed by atoms with Gasteiger partial charge < -0.3 is 10.7 Å². The molecule has 0 bridgehead atoms. The van der Waals surface area contributed by atoms with Gasteiger partial charge in [-0.05, 0) is 18.2 Å².